The second kappa shape index (κ2) is 10.1. The maximum Gasteiger partial charge on any atom is 0.417 e. The Hall–Kier alpha value is -2.73. The highest BCUT2D eigenvalue weighted by atomic mass is 32.2. The fourth-order valence-electron chi connectivity index (χ4n) is 5.86. The zero-order valence-corrected chi connectivity index (χ0v) is 22.1. The van der Waals surface area contributed by atoms with E-state index in [1.807, 2.05) is 44.4 Å². The van der Waals surface area contributed by atoms with Crippen LogP contribution < -0.4 is 0 Å². The summed E-state index contributed by atoms with van der Waals surface area (Å²) < 4.78 is 71.2. The van der Waals surface area contributed by atoms with Crippen LogP contribution in [0.4, 0.5) is 13.2 Å². The molecule has 2 fully saturated rings. The summed E-state index contributed by atoms with van der Waals surface area (Å²) >= 11 is 0. The molecule has 1 N–H and O–H groups in total. The Morgan fingerprint density at radius 2 is 1.74 bits per heavy atom. The molecule has 3 aromatic rings. The molecule has 0 saturated carbocycles. The molecule has 0 aliphatic carbocycles. The van der Waals surface area contributed by atoms with Crippen molar-refractivity contribution in [1.82, 2.24) is 19.0 Å². The van der Waals surface area contributed by atoms with Crippen molar-refractivity contribution < 1.29 is 26.7 Å². The van der Waals surface area contributed by atoms with E-state index < -0.39 is 26.7 Å². The van der Waals surface area contributed by atoms with Crippen LogP contribution in [0.3, 0.4) is 0 Å². The minimum atomic E-state index is -4.78. The normalized spacial score (nSPS) is 23.4. The molecule has 2 saturated heterocycles. The summed E-state index contributed by atoms with van der Waals surface area (Å²) in [5.41, 5.74) is 2.85. The van der Waals surface area contributed by atoms with E-state index in [2.05, 4.69) is 10.00 Å². The van der Waals surface area contributed by atoms with Crippen molar-refractivity contribution >= 4 is 10.0 Å². The van der Waals surface area contributed by atoms with Gasteiger partial charge in [-0.15, -0.1) is 0 Å². The number of hydrogen-bond acceptors (Lipinski definition) is 5. The molecule has 0 spiro atoms. The van der Waals surface area contributed by atoms with E-state index in [0.29, 0.717) is 19.4 Å². The lowest BCUT2D eigenvalue weighted by Gasteiger charge is -2.57. The second-order valence-electron chi connectivity index (χ2n) is 10.0. The number of sulfonamides is 1. The molecule has 2 aliphatic heterocycles. The van der Waals surface area contributed by atoms with Gasteiger partial charge in [-0.25, -0.2) is 8.42 Å². The number of aliphatic hydroxyl groups is 1. The highest BCUT2D eigenvalue weighted by Crippen LogP contribution is 2.43. The largest absolute Gasteiger partial charge is 0.417 e. The van der Waals surface area contributed by atoms with Gasteiger partial charge in [-0.2, -0.15) is 22.6 Å². The molecule has 2 aromatic carbocycles. The van der Waals surface area contributed by atoms with Crippen LogP contribution in [0, 0.1) is 6.92 Å². The number of aromatic nitrogens is 2. The Kier molecular flexibility index (Phi) is 7.14. The van der Waals surface area contributed by atoms with Gasteiger partial charge in [0.25, 0.3) is 0 Å². The van der Waals surface area contributed by atoms with Gasteiger partial charge in [0.05, 0.1) is 23.3 Å². The van der Waals surface area contributed by atoms with Gasteiger partial charge in [0.1, 0.15) is 0 Å². The summed E-state index contributed by atoms with van der Waals surface area (Å²) in [6, 6.07) is 11.9. The Bertz CT molecular complexity index is 1410. The Morgan fingerprint density at radius 1 is 1.05 bits per heavy atom. The van der Waals surface area contributed by atoms with Crippen molar-refractivity contribution in [3.63, 3.8) is 0 Å². The lowest BCUT2D eigenvalue weighted by molar-refractivity contribution is -0.139. The highest BCUT2D eigenvalue weighted by molar-refractivity contribution is 7.89. The standard InChI is InChI=1S/C27H31F3N4O3S/c1-18-21(15-31-32(18)2)19-9-11-20(12-10-19)26-23-16-33(13-5-6-14-34(23)24(26)17-35)38(36,37)25-8-4-3-7-22(25)27(28,29)30/h3-4,7-12,15,23-24,26,35H,5-6,13-14,16-17H2,1-2H3/t23-,24+,26?/m0/s1. The SMILES string of the molecule is Cc1c(-c2ccc(C3[C@@H](CO)N4CCCCN(S(=O)(=O)c5ccccc5C(F)(F)F)C[C@@H]34)cc2)cnn1C. The van der Waals surface area contributed by atoms with Crippen molar-refractivity contribution in [3.8, 4) is 11.1 Å². The van der Waals surface area contributed by atoms with Gasteiger partial charge >= 0.3 is 6.18 Å². The van der Waals surface area contributed by atoms with Crippen molar-refractivity contribution in [1.29, 1.82) is 0 Å². The smallest absolute Gasteiger partial charge is 0.395 e. The molecule has 1 aromatic heterocycles. The molecular weight excluding hydrogens is 517 g/mol. The van der Waals surface area contributed by atoms with E-state index in [1.165, 1.54) is 16.4 Å². The number of nitrogens with zero attached hydrogens (tertiary/aromatic N) is 4. The number of benzene rings is 2. The molecule has 0 radical (unpaired) electrons. The highest BCUT2D eigenvalue weighted by Gasteiger charge is 2.50. The Morgan fingerprint density at radius 3 is 2.37 bits per heavy atom. The van der Waals surface area contributed by atoms with E-state index in [9.17, 15) is 26.7 Å². The first-order chi connectivity index (χ1) is 18.0. The summed E-state index contributed by atoms with van der Waals surface area (Å²) in [7, 11) is -2.52. The zero-order valence-electron chi connectivity index (χ0n) is 21.3. The Balaban J connectivity index is 1.46. The van der Waals surface area contributed by atoms with Gasteiger partial charge in [-0.1, -0.05) is 36.4 Å². The first kappa shape index (κ1) is 26.9. The van der Waals surface area contributed by atoms with Crippen LogP contribution in [-0.2, 0) is 23.2 Å². The third-order valence-electron chi connectivity index (χ3n) is 7.98. The molecule has 38 heavy (non-hydrogen) atoms. The van der Waals surface area contributed by atoms with Gasteiger partial charge in [-0.3, -0.25) is 9.58 Å². The number of fused-ring (bicyclic) bond motifs is 1. The number of hydrogen-bond donors (Lipinski definition) is 1. The summed E-state index contributed by atoms with van der Waals surface area (Å²) in [5, 5.41) is 14.5. The molecular formula is C27H31F3N4O3S. The molecule has 2 aliphatic rings. The molecule has 11 heteroatoms. The minimum absolute atomic E-state index is 0.0547. The van der Waals surface area contributed by atoms with Gasteiger partial charge in [0, 0.05) is 49.4 Å². The van der Waals surface area contributed by atoms with E-state index in [4.69, 9.17) is 0 Å². The number of rotatable bonds is 5. The molecule has 0 bridgehead atoms. The molecule has 5 rings (SSSR count). The summed E-state index contributed by atoms with van der Waals surface area (Å²) in [6.07, 6.45) is -1.76. The number of aliphatic hydroxyl groups excluding tert-OH is 1. The van der Waals surface area contributed by atoms with Crippen LogP contribution in [0.5, 0.6) is 0 Å². The zero-order chi connectivity index (χ0) is 27.2. The fraction of sp³-hybridized carbons (Fsp3) is 0.444. The number of aryl methyl sites for hydroxylation is 1. The molecule has 204 valence electrons. The van der Waals surface area contributed by atoms with Crippen LogP contribution in [0.15, 0.2) is 59.6 Å². The van der Waals surface area contributed by atoms with Crippen LogP contribution in [-0.4, -0.2) is 70.8 Å². The van der Waals surface area contributed by atoms with Gasteiger partial charge in [-0.05, 0) is 49.6 Å². The van der Waals surface area contributed by atoms with Crippen LogP contribution in [0.2, 0.25) is 0 Å². The topological polar surface area (TPSA) is 78.7 Å². The second-order valence-corrected chi connectivity index (χ2v) is 11.9. The third kappa shape index (κ3) is 4.66. The van der Waals surface area contributed by atoms with E-state index in [1.54, 1.807) is 4.68 Å². The van der Waals surface area contributed by atoms with E-state index in [0.717, 1.165) is 34.5 Å². The molecule has 0 amide bonds. The van der Waals surface area contributed by atoms with E-state index >= 15 is 0 Å². The number of halogens is 3. The number of alkyl halides is 3. The molecule has 3 atom stereocenters. The average Bonchev–Trinajstić information content (AvgIpc) is 3.20. The Labute approximate surface area is 220 Å². The quantitative estimate of drug-likeness (QED) is 0.521. The third-order valence-corrected chi connectivity index (χ3v) is 9.91. The van der Waals surface area contributed by atoms with Crippen molar-refractivity contribution in [2.24, 2.45) is 7.05 Å². The monoisotopic (exact) mass is 548 g/mol. The van der Waals surface area contributed by atoms with Gasteiger partial charge < -0.3 is 5.11 Å². The van der Waals surface area contributed by atoms with Gasteiger partial charge in [0.2, 0.25) is 10.0 Å². The molecule has 3 heterocycles. The van der Waals surface area contributed by atoms with Crippen LogP contribution in [0.1, 0.15) is 35.6 Å². The maximum atomic E-state index is 13.7. The van der Waals surface area contributed by atoms with Crippen molar-refractivity contribution in [2.45, 2.75) is 48.8 Å². The fourth-order valence-corrected chi connectivity index (χ4v) is 7.57. The molecule has 7 nitrogen and oxygen atoms in total. The van der Waals surface area contributed by atoms with Crippen LogP contribution in [0.25, 0.3) is 11.1 Å². The first-order valence-electron chi connectivity index (χ1n) is 12.7. The lowest BCUT2D eigenvalue weighted by Crippen LogP contribution is -2.67. The minimum Gasteiger partial charge on any atom is -0.395 e. The van der Waals surface area contributed by atoms with Gasteiger partial charge in [0.15, 0.2) is 0 Å². The first-order valence-corrected chi connectivity index (χ1v) is 14.1. The summed E-state index contributed by atoms with van der Waals surface area (Å²) in [6.45, 7) is 2.80. The predicted octanol–water partition coefficient (Wildman–Crippen LogP) is 4.03. The summed E-state index contributed by atoms with van der Waals surface area (Å²) in [5.74, 6) is -0.155. The predicted molar refractivity (Wildman–Crippen MR) is 137 cm³/mol. The summed E-state index contributed by atoms with van der Waals surface area (Å²) in [4.78, 5) is 1.38. The lowest BCUT2D eigenvalue weighted by atomic mass is 9.74. The van der Waals surface area contributed by atoms with E-state index in [-0.39, 0.29) is 37.7 Å². The van der Waals surface area contributed by atoms with Crippen LogP contribution >= 0.6 is 0 Å². The van der Waals surface area contributed by atoms with Crippen molar-refractivity contribution in [2.75, 3.05) is 26.2 Å². The molecule has 1 unspecified atom stereocenters. The average molecular weight is 549 g/mol. The van der Waals surface area contributed by atoms with Crippen molar-refractivity contribution in [3.05, 3.63) is 71.5 Å². The maximum absolute atomic E-state index is 13.7.